The van der Waals surface area contributed by atoms with Gasteiger partial charge in [0.2, 0.25) is 0 Å². The number of hydrogen-bond acceptors (Lipinski definition) is 3. The van der Waals surface area contributed by atoms with Gasteiger partial charge < -0.3 is 10.4 Å². The number of nitrogens with zero attached hydrogens (tertiary/aromatic N) is 2. The van der Waals surface area contributed by atoms with Crippen molar-refractivity contribution in [3.63, 3.8) is 0 Å². The normalized spacial score (nSPS) is 10.4. The Morgan fingerprint density at radius 3 is 2.81 bits per heavy atom. The van der Waals surface area contributed by atoms with Crippen molar-refractivity contribution in [2.24, 2.45) is 0 Å². The molecule has 21 heavy (non-hydrogen) atoms. The summed E-state index contributed by atoms with van der Waals surface area (Å²) in [5.74, 6) is -2.08. The lowest BCUT2D eigenvalue weighted by Gasteiger charge is -2.05. The summed E-state index contributed by atoms with van der Waals surface area (Å²) in [6.07, 6.45) is 1.40. The molecule has 2 aromatic rings. The summed E-state index contributed by atoms with van der Waals surface area (Å²) in [7, 11) is 0. The lowest BCUT2D eigenvalue weighted by atomic mass is 10.3. The summed E-state index contributed by atoms with van der Waals surface area (Å²) in [5.41, 5.74) is 0.131. The van der Waals surface area contributed by atoms with E-state index in [9.17, 15) is 14.0 Å². The fourth-order valence-corrected chi connectivity index (χ4v) is 1.93. The third kappa shape index (κ3) is 4.12. The summed E-state index contributed by atoms with van der Waals surface area (Å²) in [6.45, 7) is 0.162. The van der Waals surface area contributed by atoms with Crippen LogP contribution in [-0.4, -0.2) is 26.8 Å². The van der Waals surface area contributed by atoms with E-state index in [0.717, 1.165) is 0 Å². The maximum absolute atomic E-state index is 13.6. The SMILES string of the molecule is O=C(O)CCn1ccc(C(=O)Nc2ccc(Br)cc2F)n1. The van der Waals surface area contributed by atoms with E-state index in [0.29, 0.717) is 4.47 Å². The third-order valence-electron chi connectivity index (χ3n) is 2.61. The Labute approximate surface area is 127 Å². The van der Waals surface area contributed by atoms with Crippen LogP contribution in [0.25, 0.3) is 0 Å². The first kappa shape index (κ1) is 15.2. The van der Waals surface area contributed by atoms with Gasteiger partial charge in [0, 0.05) is 10.7 Å². The molecule has 1 heterocycles. The number of carbonyl (C=O) groups excluding carboxylic acids is 1. The van der Waals surface area contributed by atoms with Crippen LogP contribution in [0.15, 0.2) is 34.9 Å². The van der Waals surface area contributed by atoms with Crippen LogP contribution in [0.3, 0.4) is 0 Å². The summed E-state index contributed by atoms with van der Waals surface area (Å²) >= 11 is 3.12. The monoisotopic (exact) mass is 355 g/mol. The molecule has 0 aliphatic rings. The first-order chi connectivity index (χ1) is 9.95. The van der Waals surface area contributed by atoms with Crippen LogP contribution in [-0.2, 0) is 11.3 Å². The van der Waals surface area contributed by atoms with E-state index >= 15 is 0 Å². The molecule has 1 amide bonds. The summed E-state index contributed by atoms with van der Waals surface area (Å²) in [5, 5.41) is 14.9. The van der Waals surface area contributed by atoms with Gasteiger partial charge >= 0.3 is 5.97 Å². The molecule has 0 unspecified atom stereocenters. The Bertz CT molecular complexity index is 687. The predicted octanol–water partition coefficient (Wildman–Crippen LogP) is 2.51. The molecular weight excluding hydrogens is 345 g/mol. The second-order valence-corrected chi connectivity index (χ2v) is 5.10. The number of aliphatic carboxylic acids is 1. The molecule has 0 radical (unpaired) electrons. The Morgan fingerprint density at radius 2 is 2.14 bits per heavy atom. The number of hydrogen-bond donors (Lipinski definition) is 2. The van der Waals surface area contributed by atoms with Crippen molar-refractivity contribution in [3.8, 4) is 0 Å². The van der Waals surface area contributed by atoms with E-state index in [1.165, 1.54) is 29.1 Å². The lowest BCUT2D eigenvalue weighted by molar-refractivity contribution is -0.137. The van der Waals surface area contributed by atoms with E-state index < -0.39 is 17.7 Å². The minimum atomic E-state index is -0.951. The molecule has 0 bridgehead atoms. The van der Waals surface area contributed by atoms with Crippen molar-refractivity contribution in [2.45, 2.75) is 13.0 Å². The Balaban J connectivity index is 2.05. The van der Waals surface area contributed by atoms with Gasteiger partial charge in [0.1, 0.15) is 5.82 Å². The van der Waals surface area contributed by atoms with Crippen molar-refractivity contribution < 1.29 is 19.1 Å². The zero-order valence-corrected chi connectivity index (χ0v) is 12.3. The number of benzene rings is 1. The average molecular weight is 356 g/mol. The molecular formula is C13H11BrFN3O3. The minimum Gasteiger partial charge on any atom is -0.481 e. The van der Waals surface area contributed by atoms with Crippen molar-refractivity contribution in [3.05, 3.63) is 46.4 Å². The highest BCUT2D eigenvalue weighted by atomic mass is 79.9. The van der Waals surface area contributed by atoms with E-state index in [4.69, 9.17) is 5.11 Å². The van der Waals surface area contributed by atoms with Crippen LogP contribution < -0.4 is 5.32 Å². The molecule has 8 heteroatoms. The van der Waals surface area contributed by atoms with Gasteiger partial charge in [-0.1, -0.05) is 15.9 Å². The van der Waals surface area contributed by atoms with Gasteiger partial charge in [0.05, 0.1) is 18.7 Å². The largest absolute Gasteiger partial charge is 0.481 e. The molecule has 110 valence electrons. The molecule has 0 aliphatic carbocycles. The topological polar surface area (TPSA) is 84.2 Å². The molecule has 2 N–H and O–H groups in total. The second-order valence-electron chi connectivity index (χ2n) is 4.19. The quantitative estimate of drug-likeness (QED) is 0.862. The first-order valence-electron chi connectivity index (χ1n) is 5.97. The van der Waals surface area contributed by atoms with Crippen molar-refractivity contribution in [1.82, 2.24) is 9.78 Å². The zero-order chi connectivity index (χ0) is 15.4. The van der Waals surface area contributed by atoms with Gasteiger partial charge in [-0.05, 0) is 24.3 Å². The van der Waals surface area contributed by atoms with Gasteiger partial charge in [-0.15, -0.1) is 0 Å². The van der Waals surface area contributed by atoms with Crippen LogP contribution in [0.5, 0.6) is 0 Å². The number of rotatable bonds is 5. The van der Waals surface area contributed by atoms with E-state index in [2.05, 4.69) is 26.3 Å². The summed E-state index contributed by atoms with van der Waals surface area (Å²) < 4.78 is 15.5. The molecule has 0 saturated carbocycles. The number of aromatic nitrogens is 2. The molecule has 0 fully saturated rings. The number of aryl methyl sites for hydroxylation is 1. The van der Waals surface area contributed by atoms with Crippen LogP contribution in [0.1, 0.15) is 16.9 Å². The van der Waals surface area contributed by atoms with Crippen LogP contribution in [0.4, 0.5) is 10.1 Å². The highest BCUT2D eigenvalue weighted by molar-refractivity contribution is 9.10. The third-order valence-corrected chi connectivity index (χ3v) is 3.10. The van der Waals surface area contributed by atoms with E-state index in [1.807, 2.05) is 0 Å². The van der Waals surface area contributed by atoms with Gasteiger partial charge in [-0.3, -0.25) is 14.3 Å². The minimum absolute atomic E-state index is 0.0447. The maximum atomic E-state index is 13.6. The molecule has 0 saturated heterocycles. The van der Waals surface area contributed by atoms with Crippen molar-refractivity contribution in [2.75, 3.05) is 5.32 Å². The highest BCUT2D eigenvalue weighted by Crippen LogP contribution is 2.19. The summed E-state index contributed by atoms with van der Waals surface area (Å²) in [4.78, 5) is 22.4. The lowest BCUT2D eigenvalue weighted by Crippen LogP contribution is -2.14. The summed E-state index contributed by atoms with van der Waals surface area (Å²) in [6, 6.07) is 5.71. The average Bonchev–Trinajstić information content (AvgIpc) is 2.88. The molecule has 2 rings (SSSR count). The Morgan fingerprint density at radius 1 is 1.38 bits per heavy atom. The highest BCUT2D eigenvalue weighted by Gasteiger charge is 2.12. The van der Waals surface area contributed by atoms with Gasteiger partial charge in [-0.25, -0.2) is 4.39 Å². The first-order valence-corrected chi connectivity index (χ1v) is 6.76. The van der Waals surface area contributed by atoms with Crippen LogP contribution in [0.2, 0.25) is 0 Å². The van der Waals surface area contributed by atoms with Gasteiger partial charge in [0.15, 0.2) is 5.69 Å². The van der Waals surface area contributed by atoms with Gasteiger partial charge in [0.25, 0.3) is 5.91 Å². The standard InChI is InChI=1S/C13H11BrFN3O3/c14-8-1-2-10(9(15)7-8)16-13(21)11-3-5-18(17-11)6-4-12(19)20/h1-3,5,7H,4,6H2,(H,16,21)(H,19,20). The van der Waals surface area contributed by atoms with Crippen molar-refractivity contribution >= 4 is 33.5 Å². The number of nitrogens with one attached hydrogen (secondary N) is 1. The number of anilines is 1. The molecule has 0 aliphatic heterocycles. The fraction of sp³-hybridized carbons (Fsp3) is 0.154. The number of halogens is 2. The molecule has 1 aromatic carbocycles. The maximum Gasteiger partial charge on any atom is 0.305 e. The van der Waals surface area contributed by atoms with E-state index in [1.54, 1.807) is 6.07 Å². The van der Waals surface area contributed by atoms with Gasteiger partial charge in [-0.2, -0.15) is 5.10 Å². The Hall–Kier alpha value is -2.22. The number of carbonyl (C=O) groups is 2. The predicted molar refractivity (Wildman–Crippen MR) is 76.5 cm³/mol. The van der Waals surface area contributed by atoms with E-state index in [-0.39, 0.29) is 24.3 Å². The smallest absolute Gasteiger partial charge is 0.305 e. The van der Waals surface area contributed by atoms with Crippen LogP contribution in [0, 0.1) is 5.82 Å². The number of carboxylic acid groups (broad SMARTS) is 1. The Kier molecular flexibility index (Phi) is 4.69. The zero-order valence-electron chi connectivity index (χ0n) is 10.7. The molecule has 0 spiro atoms. The molecule has 6 nitrogen and oxygen atoms in total. The molecule has 0 atom stereocenters. The fourth-order valence-electron chi connectivity index (χ4n) is 1.59. The second kappa shape index (κ2) is 6.49. The van der Waals surface area contributed by atoms with Crippen molar-refractivity contribution in [1.29, 1.82) is 0 Å². The van der Waals surface area contributed by atoms with Crippen LogP contribution >= 0.6 is 15.9 Å². The number of amides is 1. The number of carboxylic acids is 1. The molecule has 1 aromatic heterocycles.